The van der Waals surface area contributed by atoms with Gasteiger partial charge in [0.25, 0.3) is 5.91 Å². The third-order valence-corrected chi connectivity index (χ3v) is 4.62. The molecule has 0 aromatic heterocycles. The normalized spacial score (nSPS) is 13.6. The van der Waals surface area contributed by atoms with Gasteiger partial charge in [0, 0.05) is 44.4 Å². The number of benzene rings is 2. The van der Waals surface area contributed by atoms with E-state index in [1.54, 1.807) is 17.0 Å². The second-order valence-electron chi connectivity index (χ2n) is 6.76. The molecule has 1 aliphatic heterocycles. The molecule has 0 aliphatic carbocycles. The monoisotopic (exact) mass is 398 g/mol. The summed E-state index contributed by atoms with van der Waals surface area (Å²) in [5.41, 5.74) is 0.774. The molecule has 1 fully saturated rings. The van der Waals surface area contributed by atoms with Crippen LogP contribution in [0.15, 0.2) is 42.5 Å². The standard InChI is InChI=1S/C21H20F2N4O2/c22-18-9-16(10-19(23)11-18)13-27(14-20(28)26-6-4-25-5-7-26)21(29)17-3-1-2-15(8-17)12-24/h1-3,8-11,25H,4-7,13-14H2. The van der Waals surface area contributed by atoms with Crippen LogP contribution in [0.5, 0.6) is 0 Å². The van der Waals surface area contributed by atoms with Gasteiger partial charge in [-0.15, -0.1) is 0 Å². The number of rotatable bonds is 5. The number of nitrogens with zero attached hydrogens (tertiary/aromatic N) is 3. The van der Waals surface area contributed by atoms with Crippen molar-refractivity contribution in [1.82, 2.24) is 15.1 Å². The van der Waals surface area contributed by atoms with Crippen LogP contribution in [0.1, 0.15) is 21.5 Å². The van der Waals surface area contributed by atoms with E-state index in [1.807, 2.05) is 6.07 Å². The van der Waals surface area contributed by atoms with E-state index < -0.39 is 17.5 Å². The van der Waals surface area contributed by atoms with Crippen molar-refractivity contribution in [3.05, 3.63) is 70.8 Å². The largest absolute Gasteiger partial charge is 0.339 e. The van der Waals surface area contributed by atoms with Gasteiger partial charge in [0.05, 0.1) is 11.6 Å². The van der Waals surface area contributed by atoms with Crippen LogP contribution in [0.4, 0.5) is 8.78 Å². The highest BCUT2D eigenvalue weighted by Gasteiger charge is 2.24. The summed E-state index contributed by atoms with van der Waals surface area (Å²) in [6.07, 6.45) is 0. The molecule has 2 amide bonds. The summed E-state index contributed by atoms with van der Waals surface area (Å²) < 4.78 is 27.2. The summed E-state index contributed by atoms with van der Waals surface area (Å²) in [6.45, 7) is 2.02. The summed E-state index contributed by atoms with van der Waals surface area (Å²) in [6, 6.07) is 11.1. The Morgan fingerprint density at radius 1 is 1.10 bits per heavy atom. The third-order valence-electron chi connectivity index (χ3n) is 4.62. The van der Waals surface area contributed by atoms with E-state index in [9.17, 15) is 18.4 Å². The number of carbonyl (C=O) groups excluding carboxylic acids is 2. The first-order chi connectivity index (χ1) is 14.0. The minimum Gasteiger partial charge on any atom is -0.339 e. The van der Waals surface area contributed by atoms with Crippen molar-refractivity contribution in [2.45, 2.75) is 6.54 Å². The molecule has 1 heterocycles. The fourth-order valence-electron chi connectivity index (χ4n) is 3.20. The predicted octanol–water partition coefficient (Wildman–Crippen LogP) is 1.91. The molecule has 0 bridgehead atoms. The van der Waals surface area contributed by atoms with E-state index in [2.05, 4.69) is 5.32 Å². The Kier molecular flexibility index (Phi) is 6.52. The molecule has 29 heavy (non-hydrogen) atoms. The van der Waals surface area contributed by atoms with Crippen LogP contribution in [0.2, 0.25) is 0 Å². The van der Waals surface area contributed by atoms with E-state index in [1.165, 1.54) is 17.0 Å². The molecule has 3 rings (SSSR count). The second-order valence-corrected chi connectivity index (χ2v) is 6.76. The lowest BCUT2D eigenvalue weighted by molar-refractivity contribution is -0.132. The number of nitrogens with one attached hydrogen (secondary N) is 1. The van der Waals surface area contributed by atoms with Gasteiger partial charge in [-0.05, 0) is 35.9 Å². The molecule has 1 aliphatic rings. The van der Waals surface area contributed by atoms with Crippen molar-refractivity contribution in [3.8, 4) is 6.07 Å². The Bertz CT molecular complexity index is 932. The van der Waals surface area contributed by atoms with Crippen LogP contribution in [-0.4, -0.2) is 54.3 Å². The second kappa shape index (κ2) is 9.26. The quantitative estimate of drug-likeness (QED) is 0.835. The van der Waals surface area contributed by atoms with E-state index >= 15 is 0 Å². The van der Waals surface area contributed by atoms with Crippen LogP contribution >= 0.6 is 0 Å². The number of nitriles is 1. The summed E-state index contributed by atoms with van der Waals surface area (Å²) in [5, 5.41) is 12.2. The Hall–Kier alpha value is -3.31. The smallest absolute Gasteiger partial charge is 0.254 e. The maximum atomic E-state index is 13.6. The van der Waals surface area contributed by atoms with Crippen LogP contribution in [0.25, 0.3) is 0 Å². The van der Waals surface area contributed by atoms with Crippen molar-refractivity contribution < 1.29 is 18.4 Å². The first kappa shape index (κ1) is 20.4. The number of hydrogen-bond acceptors (Lipinski definition) is 4. The van der Waals surface area contributed by atoms with Gasteiger partial charge in [0.15, 0.2) is 0 Å². The van der Waals surface area contributed by atoms with Crippen molar-refractivity contribution in [2.24, 2.45) is 0 Å². The Labute approximate surface area is 167 Å². The molecule has 0 radical (unpaired) electrons. The molecule has 8 heteroatoms. The summed E-state index contributed by atoms with van der Waals surface area (Å²) in [7, 11) is 0. The summed E-state index contributed by atoms with van der Waals surface area (Å²) in [4.78, 5) is 28.6. The zero-order chi connectivity index (χ0) is 20.8. The lowest BCUT2D eigenvalue weighted by Crippen LogP contribution is -2.50. The van der Waals surface area contributed by atoms with Crippen molar-refractivity contribution in [1.29, 1.82) is 5.26 Å². The Morgan fingerprint density at radius 2 is 1.79 bits per heavy atom. The van der Waals surface area contributed by atoms with Gasteiger partial charge in [-0.25, -0.2) is 8.78 Å². The molecule has 1 saturated heterocycles. The van der Waals surface area contributed by atoms with Gasteiger partial charge in [-0.2, -0.15) is 5.26 Å². The maximum absolute atomic E-state index is 13.6. The molecule has 150 valence electrons. The summed E-state index contributed by atoms with van der Waals surface area (Å²) in [5.74, 6) is -2.25. The van der Waals surface area contributed by atoms with Gasteiger partial charge in [0.1, 0.15) is 18.2 Å². The van der Waals surface area contributed by atoms with E-state index in [4.69, 9.17) is 5.26 Å². The molecule has 0 saturated carbocycles. The van der Waals surface area contributed by atoms with Gasteiger partial charge >= 0.3 is 0 Å². The Balaban J connectivity index is 1.86. The maximum Gasteiger partial charge on any atom is 0.254 e. The fourth-order valence-corrected chi connectivity index (χ4v) is 3.20. The van der Waals surface area contributed by atoms with E-state index in [0.717, 1.165) is 18.2 Å². The first-order valence-electron chi connectivity index (χ1n) is 9.19. The van der Waals surface area contributed by atoms with E-state index in [-0.39, 0.29) is 30.1 Å². The molecule has 2 aromatic rings. The molecular formula is C21H20F2N4O2. The predicted molar refractivity (Wildman–Crippen MR) is 102 cm³/mol. The number of hydrogen-bond donors (Lipinski definition) is 1. The highest BCUT2D eigenvalue weighted by Crippen LogP contribution is 2.15. The highest BCUT2D eigenvalue weighted by atomic mass is 19.1. The van der Waals surface area contributed by atoms with Crippen molar-refractivity contribution in [2.75, 3.05) is 32.7 Å². The number of piperazine rings is 1. The van der Waals surface area contributed by atoms with Gasteiger partial charge in [0.2, 0.25) is 5.91 Å². The van der Waals surface area contributed by atoms with Crippen LogP contribution in [-0.2, 0) is 11.3 Å². The molecule has 0 spiro atoms. The molecule has 6 nitrogen and oxygen atoms in total. The molecular weight excluding hydrogens is 378 g/mol. The van der Waals surface area contributed by atoms with E-state index in [0.29, 0.717) is 31.7 Å². The number of carbonyl (C=O) groups is 2. The highest BCUT2D eigenvalue weighted by molar-refractivity contribution is 5.96. The average molecular weight is 398 g/mol. The minimum atomic E-state index is -0.757. The minimum absolute atomic E-state index is 0.137. The Morgan fingerprint density at radius 3 is 2.45 bits per heavy atom. The number of halogens is 2. The molecule has 0 atom stereocenters. The van der Waals surface area contributed by atoms with Crippen molar-refractivity contribution in [3.63, 3.8) is 0 Å². The van der Waals surface area contributed by atoms with Crippen LogP contribution in [0, 0.1) is 23.0 Å². The van der Waals surface area contributed by atoms with Crippen molar-refractivity contribution >= 4 is 11.8 Å². The molecule has 0 unspecified atom stereocenters. The zero-order valence-electron chi connectivity index (χ0n) is 15.7. The van der Waals surface area contributed by atoms with Crippen LogP contribution in [0.3, 0.4) is 0 Å². The molecule has 1 N–H and O–H groups in total. The SMILES string of the molecule is N#Cc1cccc(C(=O)N(CC(=O)N2CCNCC2)Cc2cc(F)cc(F)c2)c1. The molecule has 2 aromatic carbocycles. The zero-order valence-corrected chi connectivity index (χ0v) is 15.7. The first-order valence-corrected chi connectivity index (χ1v) is 9.19. The fraction of sp³-hybridized carbons (Fsp3) is 0.286. The van der Waals surface area contributed by atoms with Gasteiger partial charge in [-0.3, -0.25) is 9.59 Å². The van der Waals surface area contributed by atoms with Gasteiger partial charge in [-0.1, -0.05) is 6.07 Å². The third kappa shape index (κ3) is 5.36. The van der Waals surface area contributed by atoms with Gasteiger partial charge < -0.3 is 15.1 Å². The topological polar surface area (TPSA) is 76.4 Å². The average Bonchev–Trinajstić information content (AvgIpc) is 2.72. The lowest BCUT2D eigenvalue weighted by Gasteiger charge is -2.30. The summed E-state index contributed by atoms with van der Waals surface area (Å²) >= 11 is 0. The lowest BCUT2D eigenvalue weighted by atomic mass is 10.1. The van der Waals surface area contributed by atoms with Crippen LogP contribution < -0.4 is 5.32 Å². The number of amides is 2.